The maximum absolute atomic E-state index is 12.2. The van der Waals surface area contributed by atoms with Crippen LogP contribution in [0, 0.1) is 0 Å². The summed E-state index contributed by atoms with van der Waals surface area (Å²) in [6.45, 7) is 1.34. The van der Waals surface area contributed by atoms with Gasteiger partial charge in [-0.05, 0) is 36.8 Å². The maximum Gasteiger partial charge on any atom is 0.273 e. The summed E-state index contributed by atoms with van der Waals surface area (Å²) in [5.41, 5.74) is 5.16. The number of amides is 2. The number of carbonyl (C=O) groups is 2. The molecule has 2 rings (SSSR count). The fraction of sp³-hybridized carbons (Fsp3) is 0.158. The van der Waals surface area contributed by atoms with Gasteiger partial charge >= 0.3 is 0 Å². The molecule has 0 radical (unpaired) electrons. The molecule has 8 nitrogen and oxygen atoms in total. The predicted octanol–water partition coefficient (Wildman–Crippen LogP) is 2.09. The van der Waals surface area contributed by atoms with Gasteiger partial charge in [-0.25, -0.2) is 8.42 Å². The molecule has 2 amide bonds. The van der Waals surface area contributed by atoms with Gasteiger partial charge in [-0.15, -0.1) is 0 Å². The van der Waals surface area contributed by atoms with Gasteiger partial charge in [0, 0.05) is 10.4 Å². The first-order valence-corrected chi connectivity index (χ1v) is 10.3. The molecule has 0 aliphatic rings. The van der Waals surface area contributed by atoms with Gasteiger partial charge in [0.15, 0.2) is 0 Å². The number of hydrogen-bond acceptors (Lipinski definition) is 5. The molecule has 1 unspecified atom stereocenters. The molecule has 3 N–H and O–H groups in total. The number of halogens is 1. The van der Waals surface area contributed by atoms with Crippen LogP contribution < -0.4 is 20.3 Å². The largest absolute Gasteiger partial charge is 0.496 e. The van der Waals surface area contributed by atoms with E-state index in [4.69, 9.17) is 16.3 Å². The first kappa shape index (κ1) is 22.4. The van der Waals surface area contributed by atoms with Gasteiger partial charge in [0.1, 0.15) is 5.75 Å². The van der Waals surface area contributed by atoms with Crippen molar-refractivity contribution in [2.24, 2.45) is 0 Å². The van der Waals surface area contributed by atoms with Gasteiger partial charge in [0.25, 0.3) is 11.8 Å². The molecule has 0 fully saturated rings. The van der Waals surface area contributed by atoms with Crippen molar-refractivity contribution in [2.45, 2.75) is 13.0 Å². The molecule has 0 bridgehead atoms. The molecule has 0 saturated heterocycles. The Morgan fingerprint density at radius 2 is 1.79 bits per heavy atom. The van der Waals surface area contributed by atoms with Gasteiger partial charge in [-0.2, -0.15) is 4.72 Å². The third-order valence-electron chi connectivity index (χ3n) is 3.68. The van der Waals surface area contributed by atoms with Crippen LogP contribution in [0.3, 0.4) is 0 Å². The van der Waals surface area contributed by atoms with Gasteiger partial charge in [0.2, 0.25) is 10.0 Å². The van der Waals surface area contributed by atoms with Crippen LogP contribution in [0.5, 0.6) is 5.75 Å². The van der Waals surface area contributed by atoms with E-state index in [-0.39, 0.29) is 11.3 Å². The highest BCUT2D eigenvalue weighted by atomic mass is 35.5. The van der Waals surface area contributed by atoms with Crippen LogP contribution in [0.25, 0.3) is 6.08 Å². The average Bonchev–Trinajstić information content (AvgIpc) is 2.70. The highest BCUT2D eigenvalue weighted by molar-refractivity contribution is 7.92. The van der Waals surface area contributed by atoms with E-state index in [1.807, 2.05) is 6.07 Å². The average molecular weight is 438 g/mol. The zero-order valence-electron chi connectivity index (χ0n) is 15.7. The number of rotatable bonds is 7. The fourth-order valence-electron chi connectivity index (χ4n) is 2.22. The van der Waals surface area contributed by atoms with Crippen LogP contribution in [0.2, 0.25) is 5.02 Å². The second-order valence-electron chi connectivity index (χ2n) is 5.89. The van der Waals surface area contributed by atoms with E-state index in [0.717, 1.165) is 5.41 Å². The van der Waals surface area contributed by atoms with E-state index >= 15 is 0 Å². The highest BCUT2D eigenvalue weighted by Gasteiger charge is 2.20. The van der Waals surface area contributed by atoms with Crippen molar-refractivity contribution in [2.75, 3.05) is 7.11 Å². The van der Waals surface area contributed by atoms with Gasteiger partial charge in [0.05, 0.1) is 18.7 Å². The summed E-state index contributed by atoms with van der Waals surface area (Å²) in [6.07, 6.45) is 1.40. The Morgan fingerprint density at radius 3 is 2.45 bits per heavy atom. The summed E-state index contributed by atoms with van der Waals surface area (Å²) >= 11 is 5.87. The third kappa shape index (κ3) is 6.90. The number of sulfonamides is 1. The van der Waals surface area contributed by atoms with Crippen LogP contribution >= 0.6 is 11.6 Å². The number of hydrazine groups is 1. The number of benzene rings is 2. The van der Waals surface area contributed by atoms with Crippen molar-refractivity contribution >= 4 is 39.5 Å². The zero-order chi connectivity index (χ0) is 21.4. The normalized spacial score (nSPS) is 12.4. The number of methoxy groups -OCH3 is 1. The Balaban J connectivity index is 1.94. The van der Waals surface area contributed by atoms with Crippen LogP contribution in [-0.2, 0) is 14.8 Å². The molecule has 29 heavy (non-hydrogen) atoms. The summed E-state index contributed by atoms with van der Waals surface area (Å²) in [6, 6.07) is 12.1. The van der Waals surface area contributed by atoms with E-state index in [2.05, 4.69) is 15.6 Å². The van der Waals surface area contributed by atoms with Crippen LogP contribution in [0.1, 0.15) is 22.8 Å². The lowest BCUT2D eigenvalue weighted by molar-refractivity contribution is -0.123. The number of ether oxygens (including phenoxy) is 1. The molecule has 2 aromatic rings. The quantitative estimate of drug-likeness (QED) is 0.574. The number of carbonyl (C=O) groups excluding carboxylic acids is 2. The smallest absolute Gasteiger partial charge is 0.273 e. The summed E-state index contributed by atoms with van der Waals surface area (Å²) in [7, 11) is -2.49. The Hall–Kier alpha value is -2.88. The van der Waals surface area contributed by atoms with Crippen molar-refractivity contribution < 1.29 is 22.7 Å². The van der Waals surface area contributed by atoms with Crippen LogP contribution in [-0.4, -0.2) is 33.4 Å². The molecule has 0 heterocycles. The third-order valence-corrected chi connectivity index (χ3v) is 5.09. The first-order valence-electron chi connectivity index (χ1n) is 8.41. The van der Waals surface area contributed by atoms with Crippen molar-refractivity contribution in [3.63, 3.8) is 0 Å². The van der Waals surface area contributed by atoms with E-state index in [1.165, 1.54) is 32.2 Å². The number of hydrogen-bond donors (Lipinski definition) is 3. The second kappa shape index (κ2) is 10.1. The minimum atomic E-state index is -3.87. The fourth-order valence-corrected chi connectivity index (χ4v) is 3.41. The van der Waals surface area contributed by atoms with Crippen LogP contribution in [0.15, 0.2) is 53.9 Å². The minimum absolute atomic E-state index is 0.110. The summed E-state index contributed by atoms with van der Waals surface area (Å²) in [5, 5.41) is 1.27. The molecular formula is C19H20ClN3O5S. The lowest BCUT2D eigenvalue weighted by Crippen LogP contribution is -2.50. The van der Waals surface area contributed by atoms with Crippen LogP contribution in [0.4, 0.5) is 0 Å². The van der Waals surface area contributed by atoms with Crippen molar-refractivity contribution in [3.05, 3.63) is 70.1 Å². The molecule has 0 saturated carbocycles. The summed E-state index contributed by atoms with van der Waals surface area (Å²) in [4.78, 5) is 24.4. The molecule has 1 atom stereocenters. The lowest BCUT2D eigenvalue weighted by atomic mass is 10.2. The standard InChI is InChI=1S/C19H20ClN3O5S/c1-13(23-29(26,27)11-10-14-6-4-3-5-7-14)18(24)21-22-19(25)16-12-15(20)8-9-17(16)28-2/h3-13,23H,1-2H3,(H,21,24)(H,22,25). The molecule has 10 heteroatoms. The molecule has 0 aliphatic heterocycles. The predicted molar refractivity (Wildman–Crippen MR) is 111 cm³/mol. The highest BCUT2D eigenvalue weighted by Crippen LogP contribution is 2.22. The maximum atomic E-state index is 12.2. The number of nitrogens with one attached hydrogen (secondary N) is 3. The Kier molecular flexibility index (Phi) is 7.77. The van der Waals surface area contributed by atoms with E-state index < -0.39 is 27.9 Å². The molecule has 0 aromatic heterocycles. The summed E-state index contributed by atoms with van der Waals surface area (Å²) in [5.74, 6) is -1.16. The monoisotopic (exact) mass is 437 g/mol. The topological polar surface area (TPSA) is 114 Å². The second-order valence-corrected chi connectivity index (χ2v) is 7.92. The summed E-state index contributed by atoms with van der Waals surface area (Å²) < 4.78 is 31.5. The minimum Gasteiger partial charge on any atom is -0.496 e. The Bertz CT molecular complexity index is 1010. The lowest BCUT2D eigenvalue weighted by Gasteiger charge is -2.14. The Morgan fingerprint density at radius 1 is 1.10 bits per heavy atom. The molecule has 0 spiro atoms. The SMILES string of the molecule is COc1ccc(Cl)cc1C(=O)NNC(=O)C(C)NS(=O)(=O)C=Cc1ccccc1. The molecule has 2 aromatic carbocycles. The first-order chi connectivity index (χ1) is 13.7. The molecule has 154 valence electrons. The Labute approximate surface area is 173 Å². The van der Waals surface area contributed by atoms with Crippen molar-refractivity contribution in [1.82, 2.24) is 15.6 Å². The van der Waals surface area contributed by atoms with E-state index in [0.29, 0.717) is 10.6 Å². The van der Waals surface area contributed by atoms with Crippen molar-refractivity contribution in [3.8, 4) is 5.75 Å². The van der Waals surface area contributed by atoms with Gasteiger partial charge in [-0.3, -0.25) is 20.4 Å². The van der Waals surface area contributed by atoms with Gasteiger partial charge in [-0.1, -0.05) is 41.9 Å². The molecular weight excluding hydrogens is 418 g/mol. The zero-order valence-corrected chi connectivity index (χ0v) is 17.3. The van der Waals surface area contributed by atoms with Gasteiger partial charge < -0.3 is 4.74 Å². The van der Waals surface area contributed by atoms with Crippen molar-refractivity contribution in [1.29, 1.82) is 0 Å². The molecule has 0 aliphatic carbocycles. The van der Waals surface area contributed by atoms with E-state index in [1.54, 1.807) is 30.3 Å². The van der Waals surface area contributed by atoms with E-state index in [9.17, 15) is 18.0 Å².